The number of epoxide rings is 1. The summed E-state index contributed by atoms with van der Waals surface area (Å²) in [6.45, 7) is 13.3. The van der Waals surface area contributed by atoms with Crippen LogP contribution in [0.2, 0.25) is 0 Å². The summed E-state index contributed by atoms with van der Waals surface area (Å²) in [5.74, 6) is 0. The van der Waals surface area contributed by atoms with Crippen molar-refractivity contribution in [1.82, 2.24) is 0 Å². The van der Waals surface area contributed by atoms with Crippen LogP contribution in [0.3, 0.4) is 0 Å². The molecule has 2 nitrogen and oxygen atoms in total. The summed E-state index contributed by atoms with van der Waals surface area (Å²) in [6, 6.07) is 0. The molecule has 0 N–H and O–H groups in total. The molecular formula is C10H18O2. The van der Waals surface area contributed by atoms with Crippen molar-refractivity contribution in [2.75, 3.05) is 19.8 Å². The van der Waals surface area contributed by atoms with E-state index in [1.807, 2.05) is 13.8 Å². The Bertz CT molecular complexity index is 133. The molecule has 1 fully saturated rings. The van der Waals surface area contributed by atoms with Crippen LogP contribution in [0.1, 0.15) is 13.8 Å². The predicted octanol–water partition coefficient (Wildman–Crippen LogP) is 2.17. The topological polar surface area (TPSA) is 21.8 Å². The maximum absolute atomic E-state index is 5.06. The van der Waals surface area contributed by atoms with Gasteiger partial charge in [0.2, 0.25) is 0 Å². The Morgan fingerprint density at radius 3 is 2.50 bits per heavy atom. The molecule has 1 saturated heterocycles. The average molecular weight is 170 g/mol. The second-order valence-electron chi connectivity index (χ2n) is 2.99. The molecule has 0 bridgehead atoms. The van der Waals surface area contributed by atoms with Crippen LogP contribution in [-0.4, -0.2) is 25.9 Å². The van der Waals surface area contributed by atoms with Gasteiger partial charge in [0, 0.05) is 0 Å². The van der Waals surface area contributed by atoms with Gasteiger partial charge in [-0.1, -0.05) is 11.6 Å². The zero-order chi connectivity index (χ0) is 9.40. The van der Waals surface area contributed by atoms with E-state index in [-0.39, 0.29) is 0 Å². The smallest absolute Gasteiger partial charge is 0.104 e. The second-order valence-corrected chi connectivity index (χ2v) is 2.99. The summed E-state index contributed by atoms with van der Waals surface area (Å²) in [5.41, 5.74) is 1.17. The molecule has 0 radical (unpaired) electrons. The molecule has 0 aromatic rings. The minimum Gasteiger partial charge on any atom is -0.375 e. The van der Waals surface area contributed by atoms with Crippen LogP contribution in [0, 0.1) is 0 Å². The molecule has 0 aromatic carbocycles. The first-order valence-electron chi connectivity index (χ1n) is 4.09. The van der Waals surface area contributed by atoms with Gasteiger partial charge in [0.1, 0.15) is 6.10 Å². The maximum Gasteiger partial charge on any atom is 0.104 e. The number of hydrogen-bond donors (Lipinski definition) is 0. The van der Waals surface area contributed by atoms with Gasteiger partial charge < -0.3 is 9.47 Å². The van der Waals surface area contributed by atoms with Gasteiger partial charge in [0.25, 0.3) is 0 Å². The molecular weight excluding hydrogens is 152 g/mol. The van der Waals surface area contributed by atoms with Crippen molar-refractivity contribution in [2.24, 2.45) is 0 Å². The largest absolute Gasteiger partial charge is 0.375 e. The number of ether oxygens (including phenoxy) is 2. The second kappa shape index (κ2) is 7.07. The maximum atomic E-state index is 5.06. The Kier molecular flexibility index (Phi) is 6.72. The molecule has 70 valence electrons. The first-order valence-corrected chi connectivity index (χ1v) is 4.09. The van der Waals surface area contributed by atoms with E-state index in [2.05, 4.69) is 13.2 Å². The number of allylic oxidation sites excluding steroid dienone is 1. The van der Waals surface area contributed by atoms with E-state index in [0.717, 1.165) is 13.2 Å². The zero-order valence-corrected chi connectivity index (χ0v) is 8.01. The van der Waals surface area contributed by atoms with E-state index in [1.165, 1.54) is 5.57 Å². The minimum atomic E-state index is 0.384. The number of hydrogen-bond acceptors (Lipinski definition) is 2. The Balaban J connectivity index is 0.000000261. The van der Waals surface area contributed by atoms with Gasteiger partial charge in [0.15, 0.2) is 0 Å². The van der Waals surface area contributed by atoms with Crippen molar-refractivity contribution < 1.29 is 9.47 Å². The van der Waals surface area contributed by atoms with Crippen molar-refractivity contribution >= 4 is 0 Å². The molecule has 0 aliphatic carbocycles. The normalized spacial score (nSPS) is 19.0. The Morgan fingerprint density at radius 2 is 2.17 bits per heavy atom. The summed E-state index contributed by atoms with van der Waals surface area (Å²) in [6.07, 6.45) is 2.12. The van der Waals surface area contributed by atoms with Crippen LogP contribution in [0.5, 0.6) is 0 Å². The highest BCUT2D eigenvalue weighted by molar-refractivity contribution is 4.78. The fraction of sp³-hybridized carbons (Fsp3) is 0.600. The highest BCUT2D eigenvalue weighted by Gasteiger charge is 2.21. The van der Waals surface area contributed by atoms with Crippen molar-refractivity contribution in [3.05, 3.63) is 24.8 Å². The van der Waals surface area contributed by atoms with E-state index < -0.39 is 0 Å². The highest BCUT2D eigenvalue weighted by atomic mass is 16.6. The Labute approximate surface area is 74.9 Å². The standard InChI is InChI=1S/C6H10O2.C4H8/c1-2-3-7-4-6-5-8-6;1-4(2)3/h2,6H,1,3-5H2;1H2,2-3H3. The zero-order valence-electron chi connectivity index (χ0n) is 8.01. The van der Waals surface area contributed by atoms with E-state index in [0.29, 0.717) is 12.7 Å². The molecule has 2 heteroatoms. The molecule has 0 saturated carbocycles. The Hall–Kier alpha value is -0.600. The van der Waals surface area contributed by atoms with Gasteiger partial charge in [-0.3, -0.25) is 0 Å². The monoisotopic (exact) mass is 170 g/mol. The third kappa shape index (κ3) is 12.1. The summed E-state index contributed by atoms with van der Waals surface area (Å²) in [5, 5.41) is 0. The van der Waals surface area contributed by atoms with Crippen molar-refractivity contribution in [3.63, 3.8) is 0 Å². The van der Waals surface area contributed by atoms with Crippen molar-refractivity contribution in [1.29, 1.82) is 0 Å². The quantitative estimate of drug-likeness (QED) is 0.366. The van der Waals surface area contributed by atoms with Crippen LogP contribution >= 0.6 is 0 Å². The summed E-state index contributed by atoms with van der Waals surface area (Å²) >= 11 is 0. The first-order chi connectivity index (χ1) is 5.66. The van der Waals surface area contributed by atoms with Gasteiger partial charge in [0.05, 0.1) is 19.8 Å². The van der Waals surface area contributed by atoms with Gasteiger partial charge in [-0.25, -0.2) is 0 Å². The van der Waals surface area contributed by atoms with Crippen LogP contribution in [-0.2, 0) is 9.47 Å². The van der Waals surface area contributed by atoms with E-state index >= 15 is 0 Å². The van der Waals surface area contributed by atoms with Gasteiger partial charge in [-0.05, 0) is 13.8 Å². The lowest BCUT2D eigenvalue weighted by Crippen LogP contribution is -2.00. The third-order valence-electron chi connectivity index (χ3n) is 0.942. The van der Waals surface area contributed by atoms with E-state index in [9.17, 15) is 0 Å². The summed E-state index contributed by atoms with van der Waals surface area (Å²) < 4.78 is 9.96. The van der Waals surface area contributed by atoms with Crippen LogP contribution in [0.4, 0.5) is 0 Å². The molecule has 1 rings (SSSR count). The predicted molar refractivity (Wildman–Crippen MR) is 51.2 cm³/mol. The molecule has 1 aliphatic rings. The number of rotatable bonds is 4. The molecule has 0 amide bonds. The SMILES string of the molecule is C=C(C)C.C=CCOCC1CO1. The molecule has 1 unspecified atom stereocenters. The van der Waals surface area contributed by atoms with Gasteiger partial charge >= 0.3 is 0 Å². The van der Waals surface area contributed by atoms with E-state index in [4.69, 9.17) is 9.47 Å². The fourth-order valence-electron chi connectivity index (χ4n) is 0.447. The lowest BCUT2D eigenvalue weighted by Gasteiger charge is -1.92. The fourth-order valence-corrected chi connectivity index (χ4v) is 0.447. The van der Waals surface area contributed by atoms with E-state index in [1.54, 1.807) is 6.08 Å². The van der Waals surface area contributed by atoms with Crippen molar-refractivity contribution in [2.45, 2.75) is 20.0 Å². The van der Waals surface area contributed by atoms with Crippen LogP contribution < -0.4 is 0 Å². The van der Waals surface area contributed by atoms with Crippen molar-refractivity contribution in [3.8, 4) is 0 Å². The minimum absolute atomic E-state index is 0.384. The lowest BCUT2D eigenvalue weighted by molar-refractivity contribution is 0.141. The molecule has 12 heavy (non-hydrogen) atoms. The average Bonchev–Trinajstić information content (AvgIpc) is 2.70. The molecule has 0 aromatic heterocycles. The third-order valence-corrected chi connectivity index (χ3v) is 0.942. The van der Waals surface area contributed by atoms with Gasteiger partial charge in [-0.2, -0.15) is 0 Å². The van der Waals surface area contributed by atoms with Gasteiger partial charge in [-0.15, -0.1) is 13.2 Å². The highest BCUT2D eigenvalue weighted by Crippen LogP contribution is 2.07. The Morgan fingerprint density at radius 1 is 1.67 bits per heavy atom. The lowest BCUT2D eigenvalue weighted by atomic mass is 10.4. The van der Waals surface area contributed by atoms with Crippen LogP contribution in [0.15, 0.2) is 24.8 Å². The molecule has 1 heterocycles. The molecule has 1 atom stereocenters. The van der Waals surface area contributed by atoms with Crippen LogP contribution in [0.25, 0.3) is 0 Å². The molecule has 0 spiro atoms. The summed E-state index contributed by atoms with van der Waals surface area (Å²) in [4.78, 5) is 0. The molecule has 1 aliphatic heterocycles. The summed E-state index contributed by atoms with van der Waals surface area (Å²) in [7, 11) is 0. The first kappa shape index (κ1) is 11.4.